The lowest BCUT2D eigenvalue weighted by atomic mass is 9.83. The van der Waals surface area contributed by atoms with Crippen molar-refractivity contribution >= 4 is 5.91 Å². The van der Waals surface area contributed by atoms with Gasteiger partial charge in [-0.05, 0) is 31.9 Å². The van der Waals surface area contributed by atoms with Crippen LogP contribution in [0.2, 0.25) is 0 Å². The molecule has 1 amide bonds. The first-order valence-corrected chi connectivity index (χ1v) is 10.1. The summed E-state index contributed by atoms with van der Waals surface area (Å²) in [7, 11) is 0. The molecule has 6 heteroatoms. The Bertz CT molecular complexity index is 1140. The SMILES string of the molecule is Cc1cccc(C(c2ccccc2)[C@H]2CN(C(C)C)C(=O)c3c(O)c(=O)cnn32)c1. The Morgan fingerprint density at radius 3 is 2.40 bits per heavy atom. The van der Waals surface area contributed by atoms with Crippen molar-refractivity contribution in [2.24, 2.45) is 0 Å². The third-order valence-electron chi connectivity index (χ3n) is 5.72. The Morgan fingerprint density at radius 2 is 1.73 bits per heavy atom. The van der Waals surface area contributed by atoms with Gasteiger partial charge in [-0.2, -0.15) is 5.10 Å². The van der Waals surface area contributed by atoms with E-state index in [2.05, 4.69) is 29.4 Å². The minimum atomic E-state index is -0.647. The summed E-state index contributed by atoms with van der Waals surface area (Å²) in [5, 5.41) is 14.8. The van der Waals surface area contributed by atoms with Crippen molar-refractivity contribution in [1.82, 2.24) is 14.7 Å². The van der Waals surface area contributed by atoms with Gasteiger partial charge in [0, 0.05) is 18.5 Å². The van der Waals surface area contributed by atoms with Crippen molar-refractivity contribution in [2.75, 3.05) is 6.54 Å². The summed E-state index contributed by atoms with van der Waals surface area (Å²) in [4.78, 5) is 26.9. The molecule has 2 heterocycles. The standard InChI is InChI=1S/C24H25N3O3/c1-15(2)26-14-19(27-22(24(26)30)23(29)20(28)13-25-27)21(17-9-5-4-6-10-17)18-11-7-8-16(3)12-18/h4-13,15,19,21,29H,14H2,1-3H3/t19-,21?/m1/s1. The number of aromatic nitrogens is 2. The minimum Gasteiger partial charge on any atom is -0.502 e. The molecule has 0 radical (unpaired) electrons. The number of hydrogen-bond donors (Lipinski definition) is 1. The van der Waals surface area contributed by atoms with E-state index in [0.717, 1.165) is 22.9 Å². The third-order valence-corrected chi connectivity index (χ3v) is 5.72. The summed E-state index contributed by atoms with van der Waals surface area (Å²) >= 11 is 0. The van der Waals surface area contributed by atoms with Crippen LogP contribution in [0.4, 0.5) is 0 Å². The summed E-state index contributed by atoms with van der Waals surface area (Å²) in [6.45, 7) is 6.33. The second kappa shape index (κ2) is 7.78. The van der Waals surface area contributed by atoms with Crippen LogP contribution in [0.3, 0.4) is 0 Å². The Balaban J connectivity index is 1.97. The van der Waals surface area contributed by atoms with E-state index in [1.54, 1.807) is 4.90 Å². The van der Waals surface area contributed by atoms with Gasteiger partial charge in [0.15, 0.2) is 11.4 Å². The molecule has 154 valence electrons. The maximum Gasteiger partial charge on any atom is 0.276 e. The second-order valence-electron chi connectivity index (χ2n) is 8.07. The lowest BCUT2D eigenvalue weighted by Crippen LogP contribution is -2.49. The molecule has 30 heavy (non-hydrogen) atoms. The Labute approximate surface area is 175 Å². The fourth-order valence-corrected chi connectivity index (χ4v) is 4.26. The maximum atomic E-state index is 13.1. The zero-order valence-electron chi connectivity index (χ0n) is 17.3. The van der Waals surface area contributed by atoms with Gasteiger partial charge in [0.05, 0.1) is 12.2 Å². The average Bonchev–Trinajstić information content (AvgIpc) is 2.73. The zero-order valence-corrected chi connectivity index (χ0v) is 17.3. The van der Waals surface area contributed by atoms with Crippen molar-refractivity contribution in [1.29, 1.82) is 0 Å². The number of benzene rings is 2. The molecule has 1 aliphatic rings. The quantitative estimate of drug-likeness (QED) is 0.724. The van der Waals surface area contributed by atoms with Crippen LogP contribution < -0.4 is 5.43 Å². The fourth-order valence-electron chi connectivity index (χ4n) is 4.26. The van der Waals surface area contributed by atoms with Crippen molar-refractivity contribution in [2.45, 2.75) is 38.8 Å². The number of aromatic hydroxyl groups is 1. The molecular formula is C24H25N3O3. The highest BCUT2D eigenvalue weighted by Crippen LogP contribution is 2.39. The number of amides is 1. The second-order valence-corrected chi connectivity index (χ2v) is 8.07. The third kappa shape index (κ3) is 3.38. The van der Waals surface area contributed by atoms with Crippen LogP contribution in [0.25, 0.3) is 0 Å². The Kier molecular flexibility index (Phi) is 5.16. The predicted octanol–water partition coefficient (Wildman–Crippen LogP) is 3.49. The van der Waals surface area contributed by atoms with Gasteiger partial charge in [-0.3, -0.25) is 14.3 Å². The lowest BCUT2D eigenvalue weighted by molar-refractivity contribution is 0.0570. The molecule has 0 fully saturated rings. The molecule has 1 aliphatic heterocycles. The molecular weight excluding hydrogens is 378 g/mol. The van der Waals surface area contributed by atoms with Crippen LogP contribution in [0.5, 0.6) is 5.75 Å². The van der Waals surface area contributed by atoms with Gasteiger partial charge < -0.3 is 10.0 Å². The molecule has 0 aliphatic carbocycles. The smallest absolute Gasteiger partial charge is 0.276 e. The lowest BCUT2D eigenvalue weighted by Gasteiger charge is -2.41. The molecule has 0 spiro atoms. The molecule has 0 bridgehead atoms. The van der Waals surface area contributed by atoms with Crippen LogP contribution >= 0.6 is 0 Å². The molecule has 6 nitrogen and oxygen atoms in total. The number of hydrogen-bond acceptors (Lipinski definition) is 4. The van der Waals surface area contributed by atoms with Crippen molar-refractivity contribution in [3.8, 4) is 5.75 Å². The zero-order chi connectivity index (χ0) is 21.4. The number of carbonyl (C=O) groups excluding carboxylic acids is 1. The van der Waals surface area contributed by atoms with E-state index in [-0.39, 0.29) is 29.6 Å². The predicted molar refractivity (Wildman–Crippen MR) is 115 cm³/mol. The van der Waals surface area contributed by atoms with Gasteiger partial charge in [-0.1, -0.05) is 60.2 Å². The van der Waals surface area contributed by atoms with E-state index in [1.165, 1.54) is 4.68 Å². The van der Waals surface area contributed by atoms with Crippen molar-refractivity contribution < 1.29 is 9.90 Å². The van der Waals surface area contributed by atoms with Crippen molar-refractivity contribution in [3.05, 3.63) is 93.4 Å². The monoisotopic (exact) mass is 403 g/mol. The first kappa shape index (κ1) is 19.9. The highest BCUT2D eigenvalue weighted by atomic mass is 16.3. The highest BCUT2D eigenvalue weighted by molar-refractivity contribution is 5.96. The number of fused-ring (bicyclic) bond motifs is 1. The van der Waals surface area contributed by atoms with Gasteiger partial charge in [0.1, 0.15) is 0 Å². The molecule has 2 aromatic carbocycles. The fraction of sp³-hybridized carbons (Fsp3) is 0.292. The van der Waals surface area contributed by atoms with E-state index >= 15 is 0 Å². The number of rotatable bonds is 4. The average molecular weight is 403 g/mol. The Morgan fingerprint density at radius 1 is 1.03 bits per heavy atom. The summed E-state index contributed by atoms with van der Waals surface area (Å²) in [5.74, 6) is -1.03. The maximum absolute atomic E-state index is 13.1. The summed E-state index contributed by atoms with van der Waals surface area (Å²) in [6, 6.07) is 18.0. The van der Waals surface area contributed by atoms with Gasteiger partial charge in [-0.15, -0.1) is 0 Å². The number of aryl methyl sites for hydroxylation is 1. The van der Waals surface area contributed by atoms with E-state index in [0.29, 0.717) is 6.54 Å². The largest absolute Gasteiger partial charge is 0.502 e. The molecule has 3 aromatic rings. The molecule has 1 aromatic heterocycles. The highest BCUT2D eigenvalue weighted by Gasteiger charge is 2.40. The molecule has 4 rings (SSSR count). The molecule has 2 atom stereocenters. The number of carbonyl (C=O) groups is 1. The number of nitrogens with zero attached hydrogens (tertiary/aromatic N) is 3. The Hall–Kier alpha value is -3.41. The van der Waals surface area contributed by atoms with E-state index in [4.69, 9.17) is 0 Å². The van der Waals surface area contributed by atoms with Crippen LogP contribution in [0.15, 0.2) is 65.6 Å². The molecule has 0 saturated carbocycles. The van der Waals surface area contributed by atoms with Crippen molar-refractivity contribution in [3.63, 3.8) is 0 Å². The van der Waals surface area contributed by atoms with Crippen LogP contribution in [-0.4, -0.2) is 38.3 Å². The van der Waals surface area contributed by atoms with Gasteiger partial charge >= 0.3 is 0 Å². The van der Waals surface area contributed by atoms with E-state index in [1.807, 2.05) is 51.1 Å². The van der Waals surface area contributed by atoms with Crippen LogP contribution in [0.1, 0.15) is 53.0 Å². The van der Waals surface area contributed by atoms with Gasteiger partial charge in [0.25, 0.3) is 5.91 Å². The normalized spacial score (nSPS) is 17.1. The summed E-state index contributed by atoms with van der Waals surface area (Å²) in [6.07, 6.45) is 1.09. The topological polar surface area (TPSA) is 75.4 Å². The van der Waals surface area contributed by atoms with E-state index in [9.17, 15) is 14.7 Å². The summed E-state index contributed by atoms with van der Waals surface area (Å²) in [5.41, 5.74) is 2.62. The molecule has 1 N–H and O–H groups in total. The molecule has 1 unspecified atom stereocenters. The first-order chi connectivity index (χ1) is 14.4. The van der Waals surface area contributed by atoms with Crippen LogP contribution in [0, 0.1) is 6.92 Å². The van der Waals surface area contributed by atoms with Crippen LogP contribution in [-0.2, 0) is 0 Å². The first-order valence-electron chi connectivity index (χ1n) is 10.1. The molecule has 0 saturated heterocycles. The van der Waals surface area contributed by atoms with Gasteiger partial charge in [-0.25, -0.2) is 0 Å². The summed E-state index contributed by atoms with van der Waals surface area (Å²) < 4.78 is 1.54. The minimum absolute atomic E-state index is 0.0407. The van der Waals surface area contributed by atoms with E-state index < -0.39 is 11.2 Å². The van der Waals surface area contributed by atoms with Gasteiger partial charge in [0.2, 0.25) is 5.43 Å².